The van der Waals surface area contributed by atoms with Crippen LogP contribution in [0.5, 0.6) is 0 Å². The normalized spacial score (nSPS) is 11.3. The molecule has 134 valence electrons. The van der Waals surface area contributed by atoms with Gasteiger partial charge in [0.1, 0.15) is 11.5 Å². The molecule has 0 aliphatic heterocycles. The molecule has 0 amide bonds. The maximum absolute atomic E-state index is 5.96. The summed E-state index contributed by atoms with van der Waals surface area (Å²) in [6.07, 6.45) is 3.30. The number of furan rings is 1. The summed E-state index contributed by atoms with van der Waals surface area (Å²) in [5, 5.41) is 5.10. The molecule has 4 rings (SSSR count). The monoisotopic (exact) mass is 376 g/mol. The van der Waals surface area contributed by atoms with Gasteiger partial charge in [-0.3, -0.25) is 0 Å². The van der Waals surface area contributed by atoms with E-state index in [4.69, 9.17) is 21.8 Å². The lowest BCUT2D eigenvalue weighted by Crippen LogP contribution is -1.99. The summed E-state index contributed by atoms with van der Waals surface area (Å²) in [5.74, 6) is 1.70. The van der Waals surface area contributed by atoms with Gasteiger partial charge in [0, 0.05) is 16.1 Å². The summed E-state index contributed by atoms with van der Waals surface area (Å²) in [6.45, 7) is 2.05. The van der Waals surface area contributed by atoms with Gasteiger partial charge in [-0.25, -0.2) is 4.98 Å². The molecule has 0 radical (unpaired) electrons. The largest absolute Gasteiger partial charge is 0.455 e. The maximum Gasteiger partial charge on any atom is 0.221 e. The lowest BCUT2D eigenvalue weighted by molar-refractivity contribution is 0.574. The van der Waals surface area contributed by atoms with Gasteiger partial charge in [0.25, 0.3) is 0 Å². The van der Waals surface area contributed by atoms with Gasteiger partial charge in [-0.15, -0.1) is 0 Å². The molecule has 2 aromatic heterocycles. The van der Waals surface area contributed by atoms with E-state index in [0.717, 1.165) is 22.6 Å². The Bertz CT molecular complexity index is 1090. The molecule has 2 aromatic carbocycles. The van der Waals surface area contributed by atoms with Crippen molar-refractivity contribution in [1.29, 1.82) is 0 Å². The number of rotatable bonds is 4. The average Bonchev–Trinajstić information content (AvgIpc) is 3.28. The Kier molecular flexibility index (Phi) is 4.52. The maximum atomic E-state index is 5.96. The number of nitrogens with two attached hydrogens (primary N) is 1. The van der Waals surface area contributed by atoms with E-state index in [0.29, 0.717) is 16.7 Å². The first kappa shape index (κ1) is 17.1. The molecule has 0 atom stereocenters. The molecule has 0 aliphatic carbocycles. The molecule has 5 nitrogen and oxygen atoms in total. The molecule has 6 heteroatoms. The first-order valence-electron chi connectivity index (χ1n) is 8.40. The second-order valence-corrected chi connectivity index (χ2v) is 6.57. The van der Waals surface area contributed by atoms with Gasteiger partial charge in [0.05, 0.1) is 18.1 Å². The summed E-state index contributed by atoms with van der Waals surface area (Å²) in [4.78, 5) is 4.15. The number of hydrogen-bond donors (Lipinski definition) is 1. The topological polar surface area (TPSA) is 69.3 Å². The number of benzene rings is 2. The number of hydrogen-bond acceptors (Lipinski definition) is 4. The van der Waals surface area contributed by atoms with Crippen molar-refractivity contribution in [2.75, 3.05) is 5.73 Å². The van der Waals surface area contributed by atoms with Gasteiger partial charge in [-0.05, 0) is 31.2 Å². The summed E-state index contributed by atoms with van der Waals surface area (Å²) < 4.78 is 7.43. The zero-order valence-corrected chi connectivity index (χ0v) is 15.4. The second-order valence-electron chi connectivity index (χ2n) is 6.13. The molecule has 2 N–H and O–H groups in total. The Hall–Kier alpha value is -3.31. The van der Waals surface area contributed by atoms with E-state index < -0.39 is 0 Å². The molecule has 0 fully saturated rings. The second kappa shape index (κ2) is 7.13. The van der Waals surface area contributed by atoms with Crippen molar-refractivity contribution in [3.05, 3.63) is 83.2 Å². The third-order valence-electron chi connectivity index (χ3n) is 4.17. The van der Waals surface area contributed by atoms with Crippen LogP contribution in [0, 0.1) is 6.92 Å². The number of aryl methyl sites for hydroxylation is 1. The molecule has 4 aromatic rings. The number of anilines is 1. The fourth-order valence-electron chi connectivity index (χ4n) is 2.71. The molecule has 2 heterocycles. The summed E-state index contributed by atoms with van der Waals surface area (Å²) >= 11 is 5.96. The van der Waals surface area contributed by atoms with Gasteiger partial charge in [-0.2, -0.15) is 9.78 Å². The first-order chi connectivity index (χ1) is 13.1. The van der Waals surface area contributed by atoms with Crippen LogP contribution >= 0.6 is 11.6 Å². The number of nitrogens with zero attached hydrogens (tertiary/aromatic N) is 3. The standard InChI is InChI=1S/C21H17ClN4O/c1-14-2-4-16(5-3-14)20-11-10-18(27-20)12-25-26-19(13-24-21(26)23)15-6-8-17(22)9-7-15/h2-13H,1H3,(H2,23,24). The van der Waals surface area contributed by atoms with E-state index in [2.05, 4.69) is 29.1 Å². The highest BCUT2D eigenvalue weighted by molar-refractivity contribution is 6.30. The van der Waals surface area contributed by atoms with Crippen LogP contribution < -0.4 is 5.73 Å². The molecular formula is C21H17ClN4O. The third kappa shape index (κ3) is 3.64. The summed E-state index contributed by atoms with van der Waals surface area (Å²) in [5.41, 5.74) is 9.87. The summed E-state index contributed by atoms with van der Waals surface area (Å²) in [6, 6.07) is 19.4. The molecule has 0 aliphatic rings. The summed E-state index contributed by atoms with van der Waals surface area (Å²) in [7, 11) is 0. The van der Waals surface area contributed by atoms with E-state index in [1.807, 2.05) is 48.5 Å². The number of aromatic nitrogens is 2. The SMILES string of the molecule is Cc1ccc(-c2ccc(C=Nn3c(-c4ccc(Cl)cc4)cnc3N)o2)cc1. The molecular weight excluding hydrogens is 360 g/mol. The number of imidazole rings is 1. The van der Waals surface area contributed by atoms with Crippen LogP contribution in [0.4, 0.5) is 5.95 Å². The van der Waals surface area contributed by atoms with E-state index in [1.54, 1.807) is 17.1 Å². The Morgan fingerprint density at radius 3 is 2.44 bits per heavy atom. The minimum absolute atomic E-state index is 0.293. The van der Waals surface area contributed by atoms with Crippen molar-refractivity contribution in [1.82, 2.24) is 9.66 Å². The van der Waals surface area contributed by atoms with Crippen molar-refractivity contribution < 1.29 is 4.42 Å². The first-order valence-corrected chi connectivity index (χ1v) is 8.78. The molecule has 27 heavy (non-hydrogen) atoms. The molecule has 0 saturated heterocycles. The number of halogens is 1. The highest BCUT2D eigenvalue weighted by Gasteiger charge is 2.09. The van der Waals surface area contributed by atoms with Crippen molar-refractivity contribution in [3.63, 3.8) is 0 Å². The van der Waals surface area contributed by atoms with Crippen LogP contribution in [-0.2, 0) is 0 Å². The predicted octanol–water partition coefficient (Wildman–Crippen LogP) is 5.24. The Morgan fingerprint density at radius 2 is 1.70 bits per heavy atom. The predicted molar refractivity (Wildman–Crippen MR) is 109 cm³/mol. The average molecular weight is 377 g/mol. The molecule has 0 spiro atoms. The van der Waals surface area contributed by atoms with Crippen molar-refractivity contribution >= 4 is 23.8 Å². The lowest BCUT2D eigenvalue weighted by Gasteiger charge is -2.03. The highest BCUT2D eigenvalue weighted by Crippen LogP contribution is 2.24. The van der Waals surface area contributed by atoms with Crippen LogP contribution in [0.15, 0.2) is 76.4 Å². The van der Waals surface area contributed by atoms with Gasteiger partial charge < -0.3 is 10.2 Å². The Labute approximate surface area is 161 Å². The van der Waals surface area contributed by atoms with Crippen molar-refractivity contribution in [3.8, 4) is 22.6 Å². The van der Waals surface area contributed by atoms with Crippen LogP contribution in [0.1, 0.15) is 11.3 Å². The van der Waals surface area contributed by atoms with Gasteiger partial charge >= 0.3 is 0 Å². The van der Waals surface area contributed by atoms with Crippen molar-refractivity contribution in [2.24, 2.45) is 5.10 Å². The van der Waals surface area contributed by atoms with Gasteiger partial charge in [0.15, 0.2) is 0 Å². The van der Waals surface area contributed by atoms with Gasteiger partial charge in [-0.1, -0.05) is 53.6 Å². The fraction of sp³-hybridized carbons (Fsp3) is 0.0476. The lowest BCUT2D eigenvalue weighted by atomic mass is 10.1. The van der Waals surface area contributed by atoms with Crippen LogP contribution in [0.2, 0.25) is 5.02 Å². The van der Waals surface area contributed by atoms with E-state index in [9.17, 15) is 0 Å². The highest BCUT2D eigenvalue weighted by atomic mass is 35.5. The van der Waals surface area contributed by atoms with Crippen LogP contribution in [-0.4, -0.2) is 15.9 Å². The Balaban J connectivity index is 1.61. The molecule has 0 bridgehead atoms. The third-order valence-corrected chi connectivity index (χ3v) is 4.42. The van der Waals surface area contributed by atoms with Crippen molar-refractivity contribution in [2.45, 2.75) is 6.92 Å². The van der Waals surface area contributed by atoms with E-state index in [-0.39, 0.29) is 0 Å². The zero-order valence-electron chi connectivity index (χ0n) is 14.6. The van der Waals surface area contributed by atoms with E-state index >= 15 is 0 Å². The minimum Gasteiger partial charge on any atom is -0.455 e. The fourth-order valence-corrected chi connectivity index (χ4v) is 2.83. The van der Waals surface area contributed by atoms with Crippen LogP contribution in [0.25, 0.3) is 22.6 Å². The smallest absolute Gasteiger partial charge is 0.221 e. The molecule has 0 saturated carbocycles. The minimum atomic E-state index is 0.293. The van der Waals surface area contributed by atoms with E-state index in [1.165, 1.54) is 5.56 Å². The van der Waals surface area contributed by atoms with Gasteiger partial charge in [0.2, 0.25) is 5.95 Å². The van der Waals surface area contributed by atoms with Crippen LogP contribution in [0.3, 0.4) is 0 Å². The molecule has 0 unspecified atom stereocenters. The Morgan fingerprint density at radius 1 is 1.00 bits per heavy atom. The zero-order chi connectivity index (χ0) is 18.8. The quantitative estimate of drug-likeness (QED) is 0.495. The number of nitrogen functional groups attached to an aromatic ring is 1.